The van der Waals surface area contributed by atoms with E-state index in [0.717, 1.165) is 31.5 Å². The SMILES string of the molecule is O=C(O)c1cccc(CN2CCC(C(=O)Nc3cccc(F)c3)CC2)c1. The average molecular weight is 356 g/mol. The highest BCUT2D eigenvalue weighted by atomic mass is 19.1. The maximum absolute atomic E-state index is 13.2. The Morgan fingerprint density at radius 2 is 1.85 bits per heavy atom. The number of carboxylic acid groups (broad SMARTS) is 1. The van der Waals surface area contributed by atoms with Gasteiger partial charge in [0.2, 0.25) is 5.91 Å². The number of likely N-dealkylation sites (tertiary alicyclic amines) is 1. The lowest BCUT2D eigenvalue weighted by Gasteiger charge is -2.31. The first-order valence-corrected chi connectivity index (χ1v) is 8.62. The summed E-state index contributed by atoms with van der Waals surface area (Å²) in [6.07, 6.45) is 1.44. The van der Waals surface area contributed by atoms with Crippen LogP contribution in [-0.4, -0.2) is 35.0 Å². The van der Waals surface area contributed by atoms with Gasteiger partial charge in [0.1, 0.15) is 5.82 Å². The first kappa shape index (κ1) is 18.1. The molecule has 2 N–H and O–H groups in total. The van der Waals surface area contributed by atoms with Gasteiger partial charge in [-0.2, -0.15) is 0 Å². The van der Waals surface area contributed by atoms with E-state index in [2.05, 4.69) is 10.2 Å². The molecular formula is C20H21FN2O3. The van der Waals surface area contributed by atoms with Gasteiger partial charge in [0.15, 0.2) is 0 Å². The Hall–Kier alpha value is -2.73. The third-order valence-electron chi connectivity index (χ3n) is 4.63. The minimum Gasteiger partial charge on any atom is -0.478 e. The minimum atomic E-state index is -0.931. The molecule has 1 amide bonds. The number of carboxylic acids is 1. The maximum Gasteiger partial charge on any atom is 0.335 e. The number of piperidine rings is 1. The fourth-order valence-corrected chi connectivity index (χ4v) is 3.22. The van der Waals surface area contributed by atoms with Crippen LogP contribution in [-0.2, 0) is 11.3 Å². The molecule has 0 saturated carbocycles. The molecule has 1 aliphatic heterocycles. The molecule has 136 valence electrons. The summed E-state index contributed by atoms with van der Waals surface area (Å²) in [7, 11) is 0. The molecule has 0 spiro atoms. The summed E-state index contributed by atoms with van der Waals surface area (Å²) < 4.78 is 13.2. The zero-order valence-corrected chi connectivity index (χ0v) is 14.3. The molecule has 5 nitrogen and oxygen atoms in total. The van der Waals surface area contributed by atoms with Crippen LogP contribution in [0.25, 0.3) is 0 Å². The van der Waals surface area contributed by atoms with E-state index < -0.39 is 5.97 Å². The van der Waals surface area contributed by atoms with Gasteiger partial charge in [0, 0.05) is 18.2 Å². The Labute approximate surface area is 151 Å². The van der Waals surface area contributed by atoms with E-state index in [9.17, 15) is 14.0 Å². The van der Waals surface area contributed by atoms with Gasteiger partial charge in [-0.1, -0.05) is 18.2 Å². The Morgan fingerprint density at radius 1 is 1.12 bits per heavy atom. The third-order valence-corrected chi connectivity index (χ3v) is 4.63. The van der Waals surface area contributed by atoms with Gasteiger partial charge in [-0.05, 0) is 61.8 Å². The number of carbonyl (C=O) groups is 2. The molecule has 1 saturated heterocycles. The molecular weight excluding hydrogens is 335 g/mol. The molecule has 1 aliphatic rings. The zero-order chi connectivity index (χ0) is 18.5. The molecule has 0 radical (unpaired) electrons. The highest BCUT2D eigenvalue weighted by molar-refractivity contribution is 5.92. The second-order valence-electron chi connectivity index (χ2n) is 6.56. The van der Waals surface area contributed by atoms with Crippen LogP contribution in [0.1, 0.15) is 28.8 Å². The topological polar surface area (TPSA) is 69.6 Å². The number of hydrogen-bond donors (Lipinski definition) is 2. The monoisotopic (exact) mass is 356 g/mol. The summed E-state index contributed by atoms with van der Waals surface area (Å²) in [4.78, 5) is 25.6. The number of aromatic carboxylic acids is 1. The second-order valence-corrected chi connectivity index (χ2v) is 6.56. The number of halogens is 1. The van der Waals surface area contributed by atoms with E-state index in [1.165, 1.54) is 12.1 Å². The van der Waals surface area contributed by atoms with Gasteiger partial charge in [0.25, 0.3) is 0 Å². The number of rotatable bonds is 5. The van der Waals surface area contributed by atoms with Crippen LogP contribution < -0.4 is 5.32 Å². The van der Waals surface area contributed by atoms with E-state index in [0.29, 0.717) is 12.2 Å². The number of anilines is 1. The summed E-state index contributed by atoms with van der Waals surface area (Å²) in [5.41, 5.74) is 1.71. The third kappa shape index (κ3) is 4.67. The lowest BCUT2D eigenvalue weighted by atomic mass is 9.95. The highest BCUT2D eigenvalue weighted by Crippen LogP contribution is 2.21. The molecule has 3 rings (SSSR count). The van der Waals surface area contributed by atoms with E-state index >= 15 is 0 Å². The molecule has 1 heterocycles. The number of nitrogens with one attached hydrogen (secondary N) is 1. The molecule has 6 heteroatoms. The van der Waals surface area contributed by atoms with Gasteiger partial charge >= 0.3 is 5.97 Å². The van der Waals surface area contributed by atoms with E-state index in [-0.39, 0.29) is 23.2 Å². The highest BCUT2D eigenvalue weighted by Gasteiger charge is 2.25. The summed E-state index contributed by atoms with van der Waals surface area (Å²) in [6.45, 7) is 2.19. The normalized spacial score (nSPS) is 15.6. The Kier molecular flexibility index (Phi) is 5.63. The second kappa shape index (κ2) is 8.10. The summed E-state index contributed by atoms with van der Waals surface area (Å²) in [6, 6.07) is 12.8. The van der Waals surface area contributed by atoms with Gasteiger partial charge in [-0.25, -0.2) is 9.18 Å². The fourth-order valence-electron chi connectivity index (χ4n) is 3.22. The van der Waals surface area contributed by atoms with Crippen molar-refractivity contribution in [2.75, 3.05) is 18.4 Å². The summed E-state index contributed by atoms with van der Waals surface area (Å²) >= 11 is 0. The maximum atomic E-state index is 13.2. The lowest BCUT2D eigenvalue weighted by Crippen LogP contribution is -2.37. The van der Waals surface area contributed by atoms with Gasteiger partial charge in [-0.3, -0.25) is 9.69 Å². The molecule has 0 aliphatic carbocycles. The fraction of sp³-hybridized carbons (Fsp3) is 0.300. The Morgan fingerprint density at radius 3 is 2.54 bits per heavy atom. The average Bonchev–Trinajstić information content (AvgIpc) is 2.62. The van der Waals surface area contributed by atoms with Crippen molar-refractivity contribution >= 4 is 17.6 Å². The Balaban J connectivity index is 1.51. The van der Waals surface area contributed by atoms with Crippen LogP contribution in [0.4, 0.5) is 10.1 Å². The standard InChI is InChI=1S/C20H21FN2O3/c21-17-5-2-6-18(12-17)22-19(24)15-7-9-23(10-8-15)13-14-3-1-4-16(11-14)20(25)26/h1-6,11-12,15H,7-10,13H2,(H,22,24)(H,25,26). The van der Waals surface area contributed by atoms with Crippen LogP contribution in [0.5, 0.6) is 0 Å². The van der Waals surface area contributed by atoms with Crippen LogP contribution in [0.3, 0.4) is 0 Å². The number of carbonyl (C=O) groups excluding carboxylic acids is 1. The number of hydrogen-bond acceptors (Lipinski definition) is 3. The number of benzene rings is 2. The molecule has 2 aromatic rings. The van der Waals surface area contributed by atoms with E-state index in [1.807, 2.05) is 6.07 Å². The number of nitrogens with zero attached hydrogens (tertiary/aromatic N) is 1. The van der Waals surface area contributed by atoms with Gasteiger partial charge in [0.05, 0.1) is 5.56 Å². The predicted octanol–water partition coefficient (Wildman–Crippen LogP) is 3.37. The minimum absolute atomic E-state index is 0.0804. The van der Waals surface area contributed by atoms with Crippen molar-refractivity contribution in [1.29, 1.82) is 0 Å². The van der Waals surface area contributed by atoms with E-state index in [1.54, 1.807) is 30.3 Å². The molecule has 1 fully saturated rings. The zero-order valence-electron chi connectivity index (χ0n) is 14.3. The van der Waals surface area contributed by atoms with Crippen LogP contribution in [0.2, 0.25) is 0 Å². The quantitative estimate of drug-likeness (QED) is 0.862. The van der Waals surface area contributed by atoms with Crippen LogP contribution >= 0.6 is 0 Å². The van der Waals surface area contributed by atoms with Crippen molar-refractivity contribution < 1.29 is 19.1 Å². The summed E-state index contributed by atoms with van der Waals surface area (Å²) in [5, 5.41) is 11.8. The van der Waals surface area contributed by atoms with Crippen molar-refractivity contribution in [2.24, 2.45) is 5.92 Å². The van der Waals surface area contributed by atoms with Crippen LogP contribution in [0, 0.1) is 11.7 Å². The molecule has 26 heavy (non-hydrogen) atoms. The summed E-state index contributed by atoms with van der Waals surface area (Å²) in [5.74, 6) is -1.48. The predicted molar refractivity (Wildman–Crippen MR) is 96.4 cm³/mol. The smallest absolute Gasteiger partial charge is 0.335 e. The lowest BCUT2D eigenvalue weighted by molar-refractivity contribution is -0.121. The number of amides is 1. The first-order chi connectivity index (χ1) is 12.5. The molecule has 2 aromatic carbocycles. The van der Waals surface area contributed by atoms with Crippen LogP contribution in [0.15, 0.2) is 48.5 Å². The molecule has 0 bridgehead atoms. The van der Waals surface area contributed by atoms with Gasteiger partial charge in [-0.15, -0.1) is 0 Å². The largest absolute Gasteiger partial charge is 0.478 e. The van der Waals surface area contributed by atoms with Crippen molar-refractivity contribution in [3.8, 4) is 0 Å². The van der Waals surface area contributed by atoms with Crippen molar-refractivity contribution in [3.63, 3.8) is 0 Å². The molecule has 0 atom stereocenters. The van der Waals surface area contributed by atoms with Crippen molar-refractivity contribution in [2.45, 2.75) is 19.4 Å². The first-order valence-electron chi connectivity index (χ1n) is 8.62. The van der Waals surface area contributed by atoms with Gasteiger partial charge < -0.3 is 10.4 Å². The van der Waals surface area contributed by atoms with Crippen molar-refractivity contribution in [1.82, 2.24) is 4.90 Å². The molecule has 0 aromatic heterocycles. The van der Waals surface area contributed by atoms with Crippen molar-refractivity contribution in [3.05, 3.63) is 65.5 Å². The Bertz CT molecular complexity index is 801. The van der Waals surface area contributed by atoms with E-state index in [4.69, 9.17) is 5.11 Å². The molecule has 0 unspecified atom stereocenters.